The minimum absolute atomic E-state index is 0.153. The zero-order chi connectivity index (χ0) is 12.9. The smallest absolute Gasteiger partial charge is 0.211 e. The summed E-state index contributed by atoms with van der Waals surface area (Å²) in [5.74, 6) is 0. The Labute approximate surface area is 104 Å². The van der Waals surface area contributed by atoms with Gasteiger partial charge in [0.15, 0.2) is 0 Å². The first-order chi connectivity index (χ1) is 7.99. The van der Waals surface area contributed by atoms with Crippen LogP contribution < -0.4 is 0 Å². The quantitative estimate of drug-likeness (QED) is 0.740. The van der Waals surface area contributed by atoms with Crippen LogP contribution in [0.3, 0.4) is 0 Å². The number of hydrogen-bond donors (Lipinski definition) is 1. The largest absolute Gasteiger partial charge is 0.396 e. The molecule has 0 aromatic rings. The highest BCUT2D eigenvalue weighted by Crippen LogP contribution is 2.18. The number of aliphatic hydroxyl groups is 1. The van der Waals surface area contributed by atoms with Crippen molar-refractivity contribution in [1.29, 1.82) is 0 Å². The summed E-state index contributed by atoms with van der Waals surface area (Å²) < 4.78 is 24.8. The van der Waals surface area contributed by atoms with Gasteiger partial charge in [0, 0.05) is 25.7 Å². The highest BCUT2D eigenvalue weighted by atomic mass is 32.2. The van der Waals surface area contributed by atoms with Crippen molar-refractivity contribution >= 4 is 10.0 Å². The number of likely N-dealkylation sites (tertiary alicyclic amines) is 1. The number of hydrogen-bond acceptors (Lipinski definition) is 4. The molecule has 102 valence electrons. The molecule has 0 atom stereocenters. The van der Waals surface area contributed by atoms with Gasteiger partial charge in [-0.3, -0.25) is 0 Å². The number of rotatable bonds is 6. The Morgan fingerprint density at radius 1 is 1.35 bits per heavy atom. The van der Waals surface area contributed by atoms with Crippen LogP contribution in [-0.4, -0.2) is 67.8 Å². The second kappa shape index (κ2) is 6.68. The number of piperidine rings is 1. The summed E-state index contributed by atoms with van der Waals surface area (Å²) in [7, 11) is -3.07. The molecule has 1 aliphatic rings. The van der Waals surface area contributed by atoms with Crippen LogP contribution in [0.2, 0.25) is 0 Å². The monoisotopic (exact) mass is 264 g/mol. The Morgan fingerprint density at radius 2 is 1.94 bits per heavy atom. The average molecular weight is 264 g/mol. The summed E-state index contributed by atoms with van der Waals surface area (Å²) in [5.41, 5.74) is 0. The fourth-order valence-electron chi connectivity index (χ4n) is 2.49. The molecule has 1 saturated heterocycles. The molecule has 0 aromatic carbocycles. The molecule has 0 aliphatic carbocycles. The first-order valence-corrected chi connectivity index (χ1v) is 8.14. The molecule has 0 radical (unpaired) electrons. The Balaban J connectivity index is 2.45. The summed E-state index contributed by atoms with van der Waals surface area (Å²) in [5, 5.41) is 8.77. The molecule has 5 nitrogen and oxygen atoms in total. The molecule has 1 heterocycles. The van der Waals surface area contributed by atoms with Gasteiger partial charge in [-0.25, -0.2) is 8.42 Å². The SMILES string of the molecule is CCN(C1CCN(CCCO)CC1)S(C)(=O)=O. The van der Waals surface area contributed by atoms with E-state index in [0.29, 0.717) is 6.54 Å². The summed E-state index contributed by atoms with van der Waals surface area (Å²) in [6.45, 7) is 5.44. The van der Waals surface area contributed by atoms with E-state index in [0.717, 1.165) is 38.9 Å². The van der Waals surface area contributed by atoms with Crippen molar-refractivity contribution in [2.24, 2.45) is 0 Å². The third kappa shape index (κ3) is 4.54. The van der Waals surface area contributed by atoms with Crippen molar-refractivity contribution in [2.75, 3.05) is 39.0 Å². The lowest BCUT2D eigenvalue weighted by Gasteiger charge is -2.36. The second-order valence-electron chi connectivity index (χ2n) is 4.62. The Kier molecular flexibility index (Phi) is 5.85. The minimum Gasteiger partial charge on any atom is -0.396 e. The molecule has 6 heteroatoms. The van der Waals surface area contributed by atoms with Gasteiger partial charge in [0.2, 0.25) is 10.0 Å². The van der Waals surface area contributed by atoms with E-state index in [1.54, 1.807) is 4.31 Å². The maximum absolute atomic E-state index is 11.6. The van der Waals surface area contributed by atoms with E-state index >= 15 is 0 Å². The maximum atomic E-state index is 11.6. The van der Waals surface area contributed by atoms with Crippen LogP contribution in [0.4, 0.5) is 0 Å². The fraction of sp³-hybridized carbons (Fsp3) is 1.00. The van der Waals surface area contributed by atoms with Crippen LogP contribution in [0.1, 0.15) is 26.2 Å². The van der Waals surface area contributed by atoms with Gasteiger partial charge in [0.25, 0.3) is 0 Å². The van der Waals surface area contributed by atoms with Crippen LogP contribution in [-0.2, 0) is 10.0 Å². The Bertz CT molecular complexity index is 311. The summed E-state index contributed by atoms with van der Waals surface area (Å²) in [6.07, 6.45) is 3.88. The molecule has 1 N–H and O–H groups in total. The molecular weight excluding hydrogens is 240 g/mol. The standard InChI is InChI=1S/C11H24N2O3S/c1-3-13(17(2,15)16)11-5-8-12(9-6-11)7-4-10-14/h11,14H,3-10H2,1-2H3. The van der Waals surface area contributed by atoms with Gasteiger partial charge < -0.3 is 10.0 Å². The van der Waals surface area contributed by atoms with Crippen molar-refractivity contribution in [3.63, 3.8) is 0 Å². The van der Waals surface area contributed by atoms with E-state index in [1.165, 1.54) is 6.26 Å². The molecule has 1 aliphatic heterocycles. The molecule has 1 rings (SSSR count). The van der Waals surface area contributed by atoms with E-state index in [1.807, 2.05) is 6.92 Å². The first-order valence-electron chi connectivity index (χ1n) is 6.29. The molecule has 0 spiro atoms. The molecule has 1 fully saturated rings. The van der Waals surface area contributed by atoms with E-state index in [-0.39, 0.29) is 12.6 Å². The topological polar surface area (TPSA) is 60.9 Å². The van der Waals surface area contributed by atoms with Crippen molar-refractivity contribution in [3.05, 3.63) is 0 Å². The third-order valence-corrected chi connectivity index (χ3v) is 4.74. The van der Waals surface area contributed by atoms with Crippen molar-refractivity contribution in [3.8, 4) is 0 Å². The average Bonchev–Trinajstić information content (AvgIpc) is 2.27. The van der Waals surface area contributed by atoms with E-state index in [9.17, 15) is 8.42 Å². The summed E-state index contributed by atoms with van der Waals surface area (Å²) in [4.78, 5) is 2.29. The van der Waals surface area contributed by atoms with Gasteiger partial charge in [-0.05, 0) is 32.4 Å². The highest BCUT2D eigenvalue weighted by Gasteiger charge is 2.28. The minimum atomic E-state index is -3.07. The Hall–Kier alpha value is -0.170. The lowest BCUT2D eigenvalue weighted by Crippen LogP contribution is -2.47. The highest BCUT2D eigenvalue weighted by molar-refractivity contribution is 7.88. The molecule has 17 heavy (non-hydrogen) atoms. The zero-order valence-electron chi connectivity index (χ0n) is 10.8. The normalized spacial score (nSPS) is 20.0. The first kappa shape index (κ1) is 14.9. The van der Waals surface area contributed by atoms with Crippen LogP contribution >= 0.6 is 0 Å². The van der Waals surface area contributed by atoms with Gasteiger partial charge >= 0.3 is 0 Å². The maximum Gasteiger partial charge on any atom is 0.211 e. The molecule has 0 bridgehead atoms. The van der Waals surface area contributed by atoms with Crippen LogP contribution in [0, 0.1) is 0 Å². The third-order valence-electron chi connectivity index (χ3n) is 3.33. The lowest BCUT2D eigenvalue weighted by molar-refractivity contribution is 0.150. The zero-order valence-corrected chi connectivity index (χ0v) is 11.6. The molecular formula is C11H24N2O3S. The predicted molar refractivity (Wildman–Crippen MR) is 68.4 cm³/mol. The van der Waals surface area contributed by atoms with Crippen LogP contribution in [0.25, 0.3) is 0 Å². The van der Waals surface area contributed by atoms with Crippen LogP contribution in [0.5, 0.6) is 0 Å². The van der Waals surface area contributed by atoms with Gasteiger partial charge in [0.1, 0.15) is 0 Å². The Morgan fingerprint density at radius 3 is 2.35 bits per heavy atom. The van der Waals surface area contributed by atoms with E-state index in [4.69, 9.17) is 5.11 Å². The van der Waals surface area contributed by atoms with Crippen molar-refractivity contribution < 1.29 is 13.5 Å². The number of sulfonamides is 1. The molecule has 0 unspecified atom stereocenters. The van der Waals surface area contributed by atoms with Gasteiger partial charge in [-0.15, -0.1) is 0 Å². The lowest BCUT2D eigenvalue weighted by atomic mass is 10.0. The second-order valence-corrected chi connectivity index (χ2v) is 6.55. The molecule has 0 amide bonds. The summed E-state index contributed by atoms with van der Waals surface area (Å²) >= 11 is 0. The predicted octanol–water partition coefficient (Wildman–Crippen LogP) is 0.115. The molecule has 0 aromatic heterocycles. The van der Waals surface area contributed by atoms with Gasteiger partial charge in [-0.1, -0.05) is 6.92 Å². The van der Waals surface area contributed by atoms with Crippen molar-refractivity contribution in [2.45, 2.75) is 32.2 Å². The van der Waals surface area contributed by atoms with Gasteiger partial charge in [-0.2, -0.15) is 4.31 Å². The summed E-state index contributed by atoms with van der Waals surface area (Å²) in [6, 6.07) is 0.153. The van der Waals surface area contributed by atoms with Crippen molar-refractivity contribution in [1.82, 2.24) is 9.21 Å². The fourth-order valence-corrected chi connectivity index (χ4v) is 3.71. The number of nitrogens with zero attached hydrogens (tertiary/aromatic N) is 2. The number of aliphatic hydroxyl groups excluding tert-OH is 1. The van der Waals surface area contributed by atoms with E-state index in [2.05, 4.69) is 4.90 Å². The van der Waals surface area contributed by atoms with Gasteiger partial charge in [0.05, 0.1) is 6.26 Å². The van der Waals surface area contributed by atoms with Crippen LogP contribution in [0.15, 0.2) is 0 Å². The van der Waals surface area contributed by atoms with E-state index < -0.39 is 10.0 Å². The molecule has 0 saturated carbocycles.